The summed E-state index contributed by atoms with van der Waals surface area (Å²) in [7, 11) is 0. The topological polar surface area (TPSA) is 55.0 Å². The molecule has 4 nitrogen and oxygen atoms in total. The maximum Gasteiger partial charge on any atom is 0.172 e. The molecule has 0 radical (unpaired) electrons. The molecule has 0 saturated heterocycles. The molecule has 1 aromatic heterocycles. The van der Waals surface area contributed by atoms with Crippen molar-refractivity contribution < 1.29 is 0 Å². The highest BCUT2D eigenvalue weighted by molar-refractivity contribution is 5.79. The molecule has 0 bridgehead atoms. The van der Waals surface area contributed by atoms with Crippen LogP contribution in [0.4, 0.5) is 11.6 Å². The molecule has 4 heteroatoms. The zero-order valence-corrected chi connectivity index (χ0v) is 11.3. The first-order valence-electron chi connectivity index (χ1n) is 7.05. The van der Waals surface area contributed by atoms with E-state index in [1.165, 1.54) is 12.8 Å². The van der Waals surface area contributed by atoms with Crippen molar-refractivity contribution in [3.63, 3.8) is 0 Å². The van der Waals surface area contributed by atoms with Crippen molar-refractivity contribution in [3.05, 3.63) is 24.3 Å². The Morgan fingerprint density at radius 1 is 1.21 bits per heavy atom. The molecular weight excluding hydrogens is 236 g/mol. The van der Waals surface area contributed by atoms with Gasteiger partial charge in [0.15, 0.2) is 11.6 Å². The predicted molar refractivity (Wildman–Crippen MR) is 79.2 cm³/mol. The van der Waals surface area contributed by atoms with Crippen LogP contribution in [0.15, 0.2) is 24.3 Å². The maximum atomic E-state index is 6.10. The molecular formula is C15H20N4. The second-order valence-corrected chi connectivity index (χ2v) is 5.31. The Labute approximate surface area is 113 Å². The van der Waals surface area contributed by atoms with Crippen LogP contribution in [0.2, 0.25) is 0 Å². The fourth-order valence-corrected chi connectivity index (χ4v) is 2.40. The van der Waals surface area contributed by atoms with Crippen LogP contribution in [-0.2, 0) is 0 Å². The summed E-state index contributed by atoms with van der Waals surface area (Å²) >= 11 is 0. The highest BCUT2D eigenvalue weighted by atomic mass is 15.2. The monoisotopic (exact) mass is 256 g/mol. The van der Waals surface area contributed by atoms with Crippen LogP contribution in [0.1, 0.15) is 26.2 Å². The minimum atomic E-state index is 0.549. The van der Waals surface area contributed by atoms with Crippen LogP contribution in [0.5, 0.6) is 0 Å². The number of nitrogens with zero attached hydrogens (tertiary/aromatic N) is 3. The quantitative estimate of drug-likeness (QED) is 0.893. The number of rotatable bonds is 5. The molecule has 0 spiro atoms. The maximum absolute atomic E-state index is 6.10. The molecule has 3 rings (SSSR count). The number of para-hydroxylation sites is 2. The van der Waals surface area contributed by atoms with E-state index < -0.39 is 0 Å². The summed E-state index contributed by atoms with van der Waals surface area (Å²) in [5.41, 5.74) is 7.89. The lowest BCUT2D eigenvalue weighted by atomic mass is 10.3. The van der Waals surface area contributed by atoms with E-state index in [-0.39, 0.29) is 0 Å². The van der Waals surface area contributed by atoms with Gasteiger partial charge in [-0.25, -0.2) is 9.97 Å². The molecule has 1 heterocycles. The summed E-state index contributed by atoms with van der Waals surface area (Å²) in [5.74, 6) is 2.22. The number of nitrogen functional groups attached to an aromatic ring is 1. The van der Waals surface area contributed by atoms with Gasteiger partial charge < -0.3 is 10.6 Å². The fourth-order valence-electron chi connectivity index (χ4n) is 2.40. The van der Waals surface area contributed by atoms with E-state index in [1.54, 1.807) is 0 Å². The van der Waals surface area contributed by atoms with Crippen LogP contribution in [-0.4, -0.2) is 23.1 Å². The number of benzene rings is 1. The van der Waals surface area contributed by atoms with E-state index in [4.69, 9.17) is 10.7 Å². The predicted octanol–water partition coefficient (Wildman–Crippen LogP) is 2.84. The van der Waals surface area contributed by atoms with Crippen molar-refractivity contribution in [2.24, 2.45) is 5.92 Å². The molecule has 1 aliphatic carbocycles. The third-order valence-electron chi connectivity index (χ3n) is 3.55. The summed E-state index contributed by atoms with van der Waals surface area (Å²) < 4.78 is 0. The van der Waals surface area contributed by atoms with Gasteiger partial charge in [0.2, 0.25) is 0 Å². The third kappa shape index (κ3) is 2.62. The molecule has 1 saturated carbocycles. The van der Waals surface area contributed by atoms with Gasteiger partial charge in [-0.2, -0.15) is 0 Å². The lowest BCUT2D eigenvalue weighted by Crippen LogP contribution is -2.28. The average molecular weight is 256 g/mol. The van der Waals surface area contributed by atoms with Gasteiger partial charge in [-0.1, -0.05) is 19.1 Å². The van der Waals surface area contributed by atoms with Gasteiger partial charge in [-0.05, 0) is 37.3 Å². The second kappa shape index (κ2) is 5.03. The van der Waals surface area contributed by atoms with E-state index in [0.29, 0.717) is 5.82 Å². The highest BCUT2D eigenvalue weighted by Gasteiger charge is 2.25. The summed E-state index contributed by atoms with van der Waals surface area (Å²) in [6.07, 6.45) is 3.77. The van der Waals surface area contributed by atoms with Gasteiger partial charge >= 0.3 is 0 Å². The Kier molecular flexibility index (Phi) is 3.23. The van der Waals surface area contributed by atoms with Gasteiger partial charge in [0.1, 0.15) is 0 Å². The number of hydrogen-bond donors (Lipinski definition) is 1. The van der Waals surface area contributed by atoms with Crippen molar-refractivity contribution >= 4 is 22.7 Å². The Bertz CT molecular complexity index is 577. The second-order valence-electron chi connectivity index (χ2n) is 5.31. The molecule has 19 heavy (non-hydrogen) atoms. The largest absolute Gasteiger partial charge is 0.381 e. The smallest absolute Gasteiger partial charge is 0.172 e. The molecule has 2 N–H and O–H groups in total. The fraction of sp³-hybridized carbons (Fsp3) is 0.467. The summed E-state index contributed by atoms with van der Waals surface area (Å²) in [6, 6.07) is 7.90. The Morgan fingerprint density at radius 3 is 2.53 bits per heavy atom. The average Bonchev–Trinajstić information content (AvgIpc) is 3.21. The van der Waals surface area contributed by atoms with Gasteiger partial charge in [0.25, 0.3) is 0 Å². The first kappa shape index (κ1) is 12.2. The van der Waals surface area contributed by atoms with E-state index in [2.05, 4.69) is 16.8 Å². The molecule has 2 aromatic rings. The van der Waals surface area contributed by atoms with Crippen LogP contribution < -0.4 is 10.6 Å². The van der Waals surface area contributed by atoms with Crippen molar-refractivity contribution in [3.8, 4) is 0 Å². The standard InChI is InChI=1S/C15H20N4/c1-2-9-19(10-11-7-8-11)15-14(16)17-12-5-3-4-6-13(12)18-15/h3-6,11H,2,7-10H2,1H3,(H2,16,17). The van der Waals surface area contributed by atoms with Crippen molar-refractivity contribution in [1.82, 2.24) is 9.97 Å². The molecule has 0 amide bonds. The summed E-state index contributed by atoms with van der Waals surface area (Å²) in [4.78, 5) is 11.5. The van der Waals surface area contributed by atoms with Gasteiger partial charge in [-0.3, -0.25) is 0 Å². The molecule has 1 aromatic carbocycles. The van der Waals surface area contributed by atoms with E-state index >= 15 is 0 Å². The van der Waals surface area contributed by atoms with E-state index in [9.17, 15) is 0 Å². The number of anilines is 2. The number of hydrogen-bond acceptors (Lipinski definition) is 4. The SMILES string of the molecule is CCCN(CC1CC1)c1nc2ccccc2nc1N. The zero-order chi connectivity index (χ0) is 13.2. The molecule has 1 fully saturated rings. The van der Waals surface area contributed by atoms with Crippen LogP contribution in [0.3, 0.4) is 0 Å². The lowest BCUT2D eigenvalue weighted by molar-refractivity contribution is 0.700. The minimum absolute atomic E-state index is 0.549. The van der Waals surface area contributed by atoms with Gasteiger partial charge in [0.05, 0.1) is 11.0 Å². The van der Waals surface area contributed by atoms with E-state index in [1.807, 2.05) is 24.3 Å². The molecule has 1 aliphatic rings. The Balaban J connectivity index is 1.97. The van der Waals surface area contributed by atoms with Crippen molar-refractivity contribution in [2.75, 3.05) is 23.7 Å². The van der Waals surface area contributed by atoms with Crippen LogP contribution in [0.25, 0.3) is 11.0 Å². The van der Waals surface area contributed by atoms with Crippen LogP contribution in [0, 0.1) is 5.92 Å². The Morgan fingerprint density at radius 2 is 1.89 bits per heavy atom. The van der Waals surface area contributed by atoms with Gasteiger partial charge in [-0.15, -0.1) is 0 Å². The first-order valence-corrected chi connectivity index (χ1v) is 7.05. The van der Waals surface area contributed by atoms with Crippen LogP contribution >= 0.6 is 0 Å². The minimum Gasteiger partial charge on any atom is -0.381 e. The number of aromatic nitrogens is 2. The summed E-state index contributed by atoms with van der Waals surface area (Å²) in [6.45, 7) is 4.24. The molecule has 0 unspecified atom stereocenters. The van der Waals surface area contributed by atoms with E-state index in [0.717, 1.165) is 42.3 Å². The number of fused-ring (bicyclic) bond motifs is 1. The number of nitrogens with two attached hydrogens (primary N) is 1. The molecule has 100 valence electrons. The van der Waals surface area contributed by atoms with Gasteiger partial charge in [0, 0.05) is 13.1 Å². The normalized spacial score (nSPS) is 14.8. The first-order chi connectivity index (χ1) is 9.28. The zero-order valence-electron chi connectivity index (χ0n) is 11.3. The lowest BCUT2D eigenvalue weighted by Gasteiger charge is -2.24. The summed E-state index contributed by atoms with van der Waals surface area (Å²) in [5, 5.41) is 0. The molecule has 0 atom stereocenters. The third-order valence-corrected chi connectivity index (χ3v) is 3.55. The van der Waals surface area contributed by atoms with Crippen molar-refractivity contribution in [2.45, 2.75) is 26.2 Å². The molecule has 0 aliphatic heterocycles. The highest BCUT2D eigenvalue weighted by Crippen LogP contribution is 2.32. The Hall–Kier alpha value is -1.84. The van der Waals surface area contributed by atoms with Crippen molar-refractivity contribution in [1.29, 1.82) is 0 Å².